The SMILES string of the molecule is CCCCCCNc1cc(OC)ccc1Br. The fourth-order valence-corrected chi connectivity index (χ4v) is 1.93. The monoisotopic (exact) mass is 285 g/mol. The van der Waals surface area contributed by atoms with Crippen LogP contribution in [-0.4, -0.2) is 13.7 Å². The third kappa shape index (κ3) is 4.44. The summed E-state index contributed by atoms with van der Waals surface area (Å²) in [7, 11) is 1.69. The number of hydrogen-bond donors (Lipinski definition) is 1. The van der Waals surface area contributed by atoms with E-state index in [4.69, 9.17) is 4.74 Å². The molecule has 0 aromatic heterocycles. The maximum atomic E-state index is 5.19. The van der Waals surface area contributed by atoms with Crippen molar-refractivity contribution < 1.29 is 4.74 Å². The second-order valence-electron chi connectivity index (χ2n) is 3.83. The van der Waals surface area contributed by atoms with Gasteiger partial charge in [-0.3, -0.25) is 0 Å². The van der Waals surface area contributed by atoms with Crippen LogP contribution < -0.4 is 10.1 Å². The van der Waals surface area contributed by atoms with Gasteiger partial charge in [-0.2, -0.15) is 0 Å². The standard InChI is InChI=1S/C13H20BrNO/c1-3-4-5-6-9-15-13-10-11(16-2)7-8-12(13)14/h7-8,10,15H,3-6,9H2,1-2H3. The lowest BCUT2D eigenvalue weighted by atomic mass is 10.2. The van der Waals surface area contributed by atoms with Crippen molar-refractivity contribution in [1.82, 2.24) is 0 Å². The van der Waals surface area contributed by atoms with Crippen LogP contribution >= 0.6 is 15.9 Å². The van der Waals surface area contributed by atoms with Crippen LogP contribution in [-0.2, 0) is 0 Å². The number of anilines is 1. The first-order valence-electron chi connectivity index (χ1n) is 5.85. The molecule has 0 aliphatic heterocycles. The predicted octanol–water partition coefficient (Wildman–Crippen LogP) is 4.45. The lowest BCUT2D eigenvalue weighted by molar-refractivity contribution is 0.415. The number of nitrogens with one attached hydrogen (secondary N) is 1. The lowest BCUT2D eigenvalue weighted by Gasteiger charge is -2.10. The molecule has 1 aromatic rings. The largest absolute Gasteiger partial charge is 0.497 e. The number of halogens is 1. The average molecular weight is 286 g/mol. The van der Waals surface area contributed by atoms with E-state index in [9.17, 15) is 0 Å². The van der Waals surface area contributed by atoms with Crippen LogP contribution in [0.1, 0.15) is 32.6 Å². The van der Waals surface area contributed by atoms with Crippen LogP contribution in [0, 0.1) is 0 Å². The van der Waals surface area contributed by atoms with Gasteiger partial charge in [-0.25, -0.2) is 0 Å². The third-order valence-corrected chi connectivity index (χ3v) is 3.21. The highest BCUT2D eigenvalue weighted by Gasteiger charge is 2.00. The Morgan fingerprint density at radius 2 is 2.06 bits per heavy atom. The molecule has 0 atom stereocenters. The Balaban J connectivity index is 2.40. The molecule has 0 aliphatic rings. The molecule has 0 saturated carbocycles. The van der Waals surface area contributed by atoms with Crippen molar-refractivity contribution in [3.05, 3.63) is 22.7 Å². The van der Waals surface area contributed by atoms with Gasteiger partial charge < -0.3 is 10.1 Å². The summed E-state index contributed by atoms with van der Waals surface area (Å²) in [5, 5.41) is 3.42. The Labute approximate surface area is 107 Å². The van der Waals surface area contributed by atoms with Gasteiger partial charge in [-0.05, 0) is 34.5 Å². The van der Waals surface area contributed by atoms with Crippen molar-refractivity contribution in [2.75, 3.05) is 19.0 Å². The fourth-order valence-electron chi connectivity index (χ4n) is 1.54. The summed E-state index contributed by atoms with van der Waals surface area (Å²) < 4.78 is 6.28. The highest BCUT2D eigenvalue weighted by molar-refractivity contribution is 9.10. The van der Waals surface area contributed by atoms with E-state index >= 15 is 0 Å². The molecule has 0 bridgehead atoms. The van der Waals surface area contributed by atoms with E-state index in [2.05, 4.69) is 28.2 Å². The maximum absolute atomic E-state index is 5.19. The summed E-state index contributed by atoms with van der Waals surface area (Å²) in [5.74, 6) is 0.888. The van der Waals surface area contributed by atoms with Crippen molar-refractivity contribution in [3.8, 4) is 5.75 Å². The molecule has 0 spiro atoms. The smallest absolute Gasteiger partial charge is 0.121 e. The number of unbranched alkanes of at least 4 members (excludes halogenated alkanes) is 3. The highest BCUT2D eigenvalue weighted by atomic mass is 79.9. The minimum atomic E-state index is 0.888. The molecular weight excluding hydrogens is 266 g/mol. The first kappa shape index (κ1) is 13.4. The Hall–Kier alpha value is -0.700. The fraction of sp³-hybridized carbons (Fsp3) is 0.538. The molecule has 3 heteroatoms. The van der Waals surface area contributed by atoms with E-state index in [-0.39, 0.29) is 0 Å². The van der Waals surface area contributed by atoms with Crippen molar-refractivity contribution in [2.45, 2.75) is 32.6 Å². The van der Waals surface area contributed by atoms with Gasteiger partial charge in [0, 0.05) is 17.1 Å². The zero-order chi connectivity index (χ0) is 11.8. The molecular formula is C13H20BrNO. The number of ether oxygens (including phenoxy) is 1. The molecule has 1 rings (SSSR count). The predicted molar refractivity (Wildman–Crippen MR) is 73.3 cm³/mol. The van der Waals surface area contributed by atoms with Gasteiger partial charge in [-0.1, -0.05) is 26.2 Å². The minimum Gasteiger partial charge on any atom is -0.497 e. The number of benzene rings is 1. The molecule has 2 nitrogen and oxygen atoms in total. The second-order valence-corrected chi connectivity index (χ2v) is 4.69. The number of methoxy groups -OCH3 is 1. The Morgan fingerprint density at radius 3 is 2.75 bits per heavy atom. The van der Waals surface area contributed by atoms with Crippen LogP contribution in [0.4, 0.5) is 5.69 Å². The molecule has 0 heterocycles. The van der Waals surface area contributed by atoms with E-state index < -0.39 is 0 Å². The minimum absolute atomic E-state index is 0.888. The molecule has 1 aromatic carbocycles. The summed E-state index contributed by atoms with van der Waals surface area (Å²) in [5.41, 5.74) is 1.11. The highest BCUT2D eigenvalue weighted by Crippen LogP contribution is 2.27. The van der Waals surface area contributed by atoms with Gasteiger partial charge in [0.25, 0.3) is 0 Å². The average Bonchev–Trinajstić information content (AvgIpc) is 2.31. The van der Waals surface area contributed by atoms with Gasteiger partial charge in [-0.15, -0.1) is 0 Å². The van der Waals surface area contributed by atoms with E-state index in [1.165, 1.54) is 25.7 Å². The summed E-state index contributed by atoms with van der Waals surface area (Å²) >= 11 is 3.52. The molecule has 0 aliphatic carbocycles. The molecule has 1 N–H and O–H groups in total. The van der Waals surface area contributed by atoms with Crippen LogP contribution in [0.15, 0.2) is 22.7 Å². The summed E-state index contributed by atoms with van der Waals surface area (Å²) in [6, 6.07) is 5.98. The molecule has 0 saturated heterocycles. The quantitative estimate of drug-likeness (QED) is 0.748. The van der Waals surface area contributed by atoms with Gasteiger partial charge in [0.05, 0.1) is 12.8 Å². The van der Waals surface area contributed by atoms with E-state index in [0.29, 0.717) is 0 Å². The normalized spacial score (nSPS) is 10.2. The molecule has 0 unspecified atom stereocenters. The van der Waals surface area contributed by atoms with Crippen LogP contribution in [0.25, 0.3) is 0 Å². The summed E-state index contributed by atoms with van der Waals surface area (Å²) in [4.78, 5) is 0. The first-order valence-corrected chi connectivity index (χ1v) is 6.64. The zero-order valence-electron chi connectivity index (χ0n) is 10.1. The van der Waals surface area contributed by atoms with Crippen LogP contribution in [0.3, 0.4) is 0 Å². The molecule has 16 heavy (non-hydrogen) atoms. The maximum Gasteiger partial charge on any atom is 0.121 e. The molecule has 90 valence electrons. The topological polar surface area (TPSA) is 21.3 Å². The second kappa shape index (κ2) is 7.55. The van der Waals surface area contributed by atoms with Gasteiger partial charge in [0.2, 0.25) is 0 Å². The van der Waals surface area contributed by atoms with Crippen molar-refractivity contribution in [1.29, 1.82) is 0 Å². The lowest BCUT2D eigenvalue weighted by Crippen LogP contribution is -2.02. The van der Waals surface area contributed by atoms with Gasteiger partial charge in [0.15, 0.2) is 0 Å². The van der Waals surface area contributed by atoms with Crippen LogP contribution in [0.5, 0.6) is 5.75 Å². The summed E-state index contributed by atoms with van der Waals surface area (Å²) in [6.07, 6.45) is 5.12. The Morgan fingerprint density at radius 1 is 1.25 bits per heavy atom. The van der Waals surface area contributed by atoms with Gasteiger partial charge >= 0.3 is 0 Å². The summed E-state index contributed by atoms with van der Waals surface area (Å²) in [6.45, 7) is 3.25. The molecule has 0 fully saturated rings. The number of hydrogen-bond acceptors (Lipinski definition) is 2. The molecule has 0 amide bonds. The van der Waals surface area contributed by atoms with Crippen molar-refractivity contribution in [3.63, 3.8) is 0 Å². The third-order valence-electron chi connectivity index (χ3n) is 2.52. The van der Waals surface area contributed by atoms with Crippen molar-refractivity contribution in [2.24, 2.45) is 0 Å². The zero-order valence-corrected chi connectivity index (χ0v) is 11.6. The van der Waals surface area contributed by atoms with Gasteiger partial charge in [0.1, 0.15) is 5.75 Å². The Bertz CT molecular complexity index is 315. The van der Waals surface area contributed by atoms with Crippen LogP contribution in [0.2, 0.25) is 0 Å². The Kier molecular flexibility index (Phi) is 6.31. The number of rotatable bonds is 7. The molecule has 0 radical (unpaired) electrons. The first-order chi connectivity index (χ1) is 7.77. The van der Waals surface area contributed by atoms with E-state index in [1.54, 1.807) is 7.11 Å². The van der Waals surface area contributed by atoms with Crippen molar-refractivity contribution >= 4 is 21.6 Å². The van der Waals surface area contributed by atoms with E-state index in [1.807, 2.05) is 18.2 Å². The van der Waals surface area contributed by atoms with E-state index in [0.717, 1.165) is 22.5 Å².